The Labute approximate surface area is 63.0 Å². The van der Waals surface area contributed by atoms with Gasteiger partial charge in [-0.05, 0) is 0 Å². The van der Waals surface area contributed by atoms with Gasteiger partial charge in [-0.3, -0.25) is 14.9 Å². The molecule has 64 valence electrons. The van der Waals surface area contributed by atoms with E-state index in [4.69, 9.17) is 0 Å². The van der Waals surface area contributed by atoms with Gasteiger partial charge < -0.3 is 4.52 Å². The van der Waals surface area contributed by atoms with Crippen LogP contribution in [0.15, 0.2) is 15.6 Å². The fourth-order valence-corrected chi connectivity index (χ4v) is 0.530. The van der Waals surface area contributed by atoms with E-state index < -0.39 is 21.2 Å². The zero-order valence-electron chi connectivity index (χ0n) is 5.37. The highest BCUT2D eigenvalue weighted by Crippen LogP contribution is 2.01. The lowest BCUT2D eigenvalue weighted by molar-refractivity contribution is -0.584. The number of nitro groups is 2. The largest absolute Gasteiger partial charge is 0.431 e. The molecule has 1 heterocycles. The SMILES string of the molecule is O=c1c([N+](=O)[O-])con1[N+](=O)[O-]. The molecule has 0 atom stereocenters. The minimum atomic E-state index is -1.40. The molecule has 0 aliphatic heterocycles. The average molecular weight is 175 g/mol. The number of hydrogen-bond donors (Lipinski definition) is 0. The van der Waals surface area contributed by atoms with Crippen molar-refractivity contribution >= 4 is 5.69 Å². The molecule has 9 nitrogen and oxygen atoms in total. The fourth-order valence-electron chi connectivity index (χ4n) is 0.530. The van der Waals surface area contributed by atoms with Crippen LogP contribution in [-0.4, -0.2) is 14.8 Å². The highest BCUT2D eigenvalue weighted by atomic mass is 16.7. The van der Waals surface area contributed by atoms with Crippen molar-refractivity contribution in [2.24, 2.45) is 0 Å². The topological polar surface area (TPSA) is 121 Å². The molecule has 0 fully saturated rings. The van der Waals surface area contributed by atoms with Gasteiger partial charge in [0.25, 0.3) is 0 Å². The van der Waals surface area contributed by atoms with Crippen LogP contribution < -0.4 is 5.56 Å². The Balaban J connectivity index is 3.32. The number of hydrogen-bond acceptors (Lipinski definition) is 6. The van der Waals surface area contributed by atoms with Crippen molar-refractivity contribution in [1.82, 2.24) is 4.85 Å². The molecule has 1 rings (SSSR count). The molecule has 0 N–H and O–H groups in total. The first-order chi connectivity index (χ1) is 5.54. The Hall–Kier alpha value is -2.19. The zero-order valence-corrected chi connectivity index (χ0v) is 5.37. The second-order valence-corrected chi connectivity index (χ2v) is 1.68. The fraction of sp³-hybridized carbons (Fsp3) is 0. The molecule has 12 heavy (non-hydrogen) atoms. The van der Waals surface area contributed by atoms with Crippen molar-refractivity contribution in [3.8, 4) is 0 Å². The van der Waals surface area contributed by atoms with E-state index in [0.29, 0.717) is 6.26 Å². The van der Waals surface area contributed by atoms with Crippen LogP contribution >= 0.6 is 0 Å². The Morgan fingerprint density at radius 3 is 2.25 bits per heavy atom. The van der Waals surface area contributed by atoms with Crippen LogP contribution in [0, 0.1) is 20.2 Å². The summed E-state index contributed by atoms with van der Waals surface area (Å²) in [6, 6.07) is 0. The quantitative estimate of drug-likeness (QED) is 0.436. The van der Waals surface area contributed by atoms with Gasteiger partial charge in [-0.1, -0.05) is 0 Å². The van der Waals surface area contributed by atoms with Gasteiger partial charge in [-0.25, -0.2) is 10.1 Å². The molecular weight excluding hydrogens is 174 g/mol. The van der Waals surface area contributed by atoms with Crippen LogP contribution in [0.25, 0.3) is 0 Å². The standard InChI is InChI=1S/C3HN3O6/c7-3-2(5(8)9)1-12-4(3)6(10)11/h1H. The molecular formula is C3HN3O6. The highest BCUT2D eigenvalue weighted by Gasteiger charge is 2.24. The smallest absolute Gasteiger partial charge is 0.321 e. The second-order valence-electron chi connectivity index (χ2n) is 1.68. The van der Waals surface area contributed by atoms with Crippen molar-refractivity contribution in [2.45, 2.75) is 0 Å². The van der Waals surface area contributed by atoms with E-state index in [1.165, 1.54) is 0 Å². The van der Waals surface area contributed by atoms with E-state index in [9.17, 15) is 25.0 Å². The molecule has 0 saturated carbocycles. The van der Waals surface area contributed by atoms with E-state index in [1.54, 1.807) is 0 Å². The number of nitrogens with zero attached hydrogens (tertiary/aromatic N) is 3. The first-order valence-corrected chi connectivity index (χ1v) is 2.54. The molecule has 1 aromatic rings. The Morgan fingerprint density at radius 1 is 1.42 bits per heavy atom. The van der Waals surface area contributed by atoms with Crippen molar-refractivity contribution in [3.05, 3.63) is 36.8 Å². The third kappa shape index (κ3) is 1.02. The average Bonchev–Trinajstić information content (AvgIpc) is 2.30. The lowest BCUT2D eigenvalue weighted by atomic mass is 10.6. The molecule has 0 radical (unpaired) electrons. The summed E-state index contributed by atoms with van der Waals surface area (Å²) in [6.07, 6.45) is 0.408. The van der Waals surface area contributed by atoms with Gasteiger partial charge in [0.2, 0.25) is 11.3 Å². The summed E-state index contributed by atoms with van der Waals surface area (Å²) in [6.45, 7) is 0. The summed E-state index contributed by atoms with van der Waals surface area (Å²) >= 11 is 0. The summed E-state index contributed by atoms with van der Waals surface area (Å²) in [5.41, 5.74) is -2.36. The van der Waals surface area contributed by atoms with Crippen LogP contribution in [0.1, 0.15) is 0 Å². The highest BCUT2D eigenvalue weighted by molar-refractivity contribution is 5.18. The summed E-state index contributed by atoms with van der Waals surface area (Å²) in [7, 11) is 0. The van der Waals surface area contributed by atoms with Crippen LogP contribution in [-0.2, 0) is 0 Å². The number of rotatable bonds is 2. The lowest BCUT2D eigenvalue weighted by Crippen LogP contribution is -2.22. The predicted octanol–water partition coefficient (Wildman–Crippen LogP) is -0.611. The monoisotopic (exact) mass is 175 g/mol. The van der Waals surface area contributed by atoms with Gasteiger partial charge >= 0.3 is 11.2 Å². The second kappa shape index (κ2) is 2.45. The summed E-state index contributed by atoms with van der Waals surface area (Å²) in [4.78, 5) is 29.1. The Kier molecular flexibility index (Phi) is 1.62. The van der Waals surface area contributed by atoms with E-state index in [0.717, 1.165) is 0 Å². The molecule has 1 aromatic heterocycles. The lowest BCUT2D eigenvalue weighted by Gasteiger charge is -1.80. The summed E-state index contributed by atoms with van der Waals surface area (Å²) in [5, 5.41) is 18.7. The predicted molar refractivity (Wildman–Crippen MR) is 32.0 cm³/mol. The molecule has 0 aromatic carbocycles. The molecule has 0 amide bonds. The molecule has 0 spiro atoms. The normalized spacial score (nSPS) is 9.67. The van der Waals surface area contributed by atoms with E-state index in [-0.39, 0.29) is 4.85 Å². The molecule has 0 aliphatic carbocycles. The van der Waals surface area contributed by atoms with Crippen molar-refractivity contribution in [1.29, 1.82) is 0 Å². The minimum absolute atomic E-state index is 0.321. The third-order valence-corrected chi connectivity index (χ3v) is 1.00. The van der Waals surface area contributed by atoms with Gasteiger partial charge in [0.05, 0.1) is 4.92 Å². The van der Waals surface area contributed by atoms with Gasteiger partial charge in [0.1, 0.15) is 4.85 Å². The molecule has 0 aliphatic rings. The van der Waals surface area contributed by atoms with Crippen molar-refractivity contribution < 1.29 is 14.5 Å². The molecule has 0 unspecified atom stereocenters. The minimum Gasteiger partial charge on any atom is -0.321 e. The van der Waals surface area contributed by atoms with Crippen LogP contribution in [0.4, 0.5) is 5.69 Å². The Morgan fingerprint density at radius 2 is 2.00 bits per heavy atom. The zero-order chi connectivity index (χ0) is 9.30. The molecule has 0 saturated heterocycles. The van der Waals surface area contributed by atoms with Crippen LogP contribution in [0.3, 0.4) is 0 Å². The molecule has 0 bridgehead atoms. The van der Waals surface area contributed by atoms with Gasteiger partial charge in [0, 0.05) is 0 Å². The third-order valence-electron chi connectivity index (χ3n) is 1.00. The van der Waals surface area contributed by atoms with Gasteiger partial charge in [0.15, 0.2) is 0 Å². The van der Waals surface area contributed by atoms with E-state index >= 15 is 0 Å². The molecule has 9 heteroatoms. The Bertz CT molecular complexity index is 352. The van der Waals surface area contributed by atoms with Gasteiger partial charge in [-0.2, -0.15) is 0 Å². The van der Waals surface area contributed by atoms with Crippen LogP contribution in [0.2, 0.25) is 0 Å². The van der Waals surface area contributed by atoms with E-state index in [2.05, 4.69) is 4.52 Å². The summed E-state index contributed by atoms with van der Waals surface area (Å²) < 4.78 is 3.98. The maximum Gasteiger partial charge on any atom is 0.431 e. The van der Waals surface area contributed by atoms with Gasteiger partial charge in [-0.15, -0.1) is 0 Å². The van der Waals surface area contributed by atoms with Crippen molar-refractivity contribution in [3.63, 3.8) is 0 Å². The first kappa shape index (κ1) is 7.91. The first-order valence-electron chi connectivity index (χ1n) is 2.54. The van der Waals surface area contributed by atoms with Crippen molar-refractivity contribution in [2.75, 3.05) is 0 Å². The maximum atomic E-state index is 10.6. The van der Waals surface area contributed by atoms with Crippen LogP contribution in [0.5, 0.6) is 0 Å². The summed E-state index contributed by atoms with van der Waals surface area (Å²) in [5.74, 6) is 0. The van der Waals surface area contributed by atoms with E-state index in [1.807, 2.05) is 0 Å². The number of aromatic nitrogens is 1. The maximum absolute atomic E-state index is 10.6.